The van der Waals surface area contributed by atoms with E-state index in [9.17, 15) is 0 Å². The Hall–Kier alpha value is -2.74. The molecule has 3 aromatic rings. The third kappa shape index (κ3) is 5.16. The molecular formula is C26H32N2. The van der Waals surface area contributed by atoms with Crippen LogP contribution in [-0.4, -0.2) is 0 Å². The van der Waals surface area contributed by atoms with Gasteiger partial charge in [0.15, 0.2) is 0 Å². The van der Waals surface area contributed by atoms with E-state index in [0.29, 0.717) is 11.8 Å². The summed E-state index contributed by atoms with van der Waals surface area (Å²) in [5.41, 5.74) is 7.24. The van der Waals surface area contributed by atoms with Gasteiger partial charge in [0.25, 0.3) is 0 Å². The summed E-state index contributed by atoms with van der Waals surface area (Å²) < 4.78 is 0. The molecule has 0 amide bonds. The van der Waals surface area contributed by atoms with Crippen LogP contribution in [0.3, 0.4) is 0 Å². The average molecular weight is 373 g/mol. The molecule has 0 spiro atoms. The molecule has 2 heteroatoms. The predicted octanol–water partition coefficient (Wildman–Crippen LogP) is 8.20. The molecule has 2 atom stereocenters. The molecule has 0 heterocycles. The van der Waals surface area contributed by atoms with E-state index in [4.69, 9.17) is 0 Å². The lowest BCUT2D eigenvalue weighted by Crippen LogP contribution is -1.96. The first-order valence-electron chi connectivity index (χ1n) is 10.4. The van der Waals surface area contributed by atoms with Gasteiger partial charge >= 0.3 is 0 Å². The van der Waals surface area contributed by atoms with Crippen LogP contribution in [0.25, 0.3) is 0 Å². The minimum Gasteiger partial charge on any atom is -0.356 e. The lowest BCUT2D eigenvalue weighted by molar-refractivity contribution is 0.734. The highest BCUT2D eigenvalue weighted by Gasteiger charge is 2.05. The summed E-state index contributed by atoms with van der Waals surface area (Å²) in [6.07, 6.45) is 2.31. The number of rotatable bonds is 8. The molecule has 0 radical (unpaired) electrons. The molecule has 28 heavy (non-hydrogen) atoms. The van der Waals surface area contributed by atoms with E-state index >= 15 is 0 Å². The number of hydrogen-bond donors (Lipinski definition) is 2. The maximum Gasteiger partial charge on any atom is 0.0387 e. The molecule has 0 bridgehead atoms. The SMILES string of the molecule is CCC(C)c1cccc(Nc2ccc(Nc3cccc(C(C)CC)c3)cc2)c1. The fourth-order valence-corrected chi connectivity index (χ4v) is 3.29. The average Bonchev–Trinajstić information content (AvgIpc) is 2.74. The van der Waals surface area contributed by atoms with Crippen molar-refractivity contribution in [1.82, 2.24) is 0 Å². The summed E-state index contributed by atoms with van der Waals surface area (Å²) >= 11 is 0. The Balaban J connectivity index is 1.67. The van der Waals surface area contributed by atoms with Crippen molar-refractivity contribution < 1.29 is 0 Å². The standard InChI is InChI=1S/C26H32N2/c1-5-19(3)21-9-7-11-25(17-21)27-23-13-15-24(16-14-23)28-26-12-8-10-22(18-26)20(4)6-2/h7-20,27-28H,5-6H2,1-4H3. The second-order valence-corrected chi connectivity index (χ2v) is 7.70. The zero-order valence-electron chi connectivity index (χ0n) is 17.5. The van der Waals surface area contributed by atoms with Crippen LogP contribution in [0.5, 0.6) is 0 Å². The van der Waals surface area contributed by atoms with Crippen LogP contribution in [0.1, 0.15) is 63.5 Å². The van der Waals surface area contributed by atoms with E-state index in [2.05, 4.69) is 111 Å². The summed E-state index contributed by atoms with van der Waals surface area (Å²) in [6.45, 7) is 9.01. The molecule has 0 saturated carbocycles. The van der Waals surface area contributed by atoms with Gasteiger partial charge in [-0.1, -0.05) is 52.0 Å². The molecule has 3 aromatic carbocycles. The third-order valence-electron chi connectivity index (χ3n) is 5.60. The van der Waals surface area contributed by atoms with E-state index < -0.39 is 0 Å². The Bertz CT molecular complexity index is 808. The van der Waals surface area contributed by atoms with Gasteiger partial charge < -0.3 is 10.6 Å². The van der Waals surface area contributed by atoms with E-state index in [1.165, 1.54) is 11.1 Å². The molecule has 0 aliphatic carbocycles. The van der Waals surface area contributed by atoms with Crippen molar-refractivity contribution in [2.75, 3.05) is 10.6 Å². The normalized spacial score (nSPS) is 13.0. The van der Waals surface area contributed by atoms with Gasteiger partial charge in [0.05, 0.1) is 0 Å². The molecule has 146 valence electrons. The quantitative estimate of drug-likeness (QED) is 0.416. The predicted molar refractivity (Wildman–Crippen MR) is 123 cm³/mol. The highest BCUT2D eigenvalue weighted by atomic mass is 14.9. The van der Waals surface area contributed by atoms with E-state index in [0.717, 1.165) is 35.6 Å². The van der Waals surface area contributed by atoms with Crippen LogP contribution in [0.4, 0.5) is 22.7 Å². The van der Waals surface area contributed by atoms with Crippen molar-refractivity contribution in [3.63, 3.8) is 0 Å². The van der Waals surface area contributed by atoms with E-state index in [-0.39, 0.29) is 0 Å². The fraction of sp³-hybridized carbons (Fsp3) is 0.308. The van der Waals surface area contributed by atoms with E-state index in [1.807, 2.05) is 0 Å². The lowest BCUT2D eigenvalue weighted by Gasteiger charge is -2.14. The van der Waals surface area contributed by atoms with Crippen LogP contribution < -0.4 is 10.6 Å². The second-order valence-electron chi connectivity index (χ2n) is 7.70. The monoisotopic (exact) mass is 372 g/mol. The van der Waals surface area contributed by atoms with Crippen LogP contribution in [-0.2, 0) is 0 Å². The first-order chi connectivity index (χ1) is 13.6. The van der Waals surface area contributed by atoms with Crippen LogP contribution in [0.2, 0.25) is 0 Å². The summed E-state index contributed by atoms with van der Waals surface area (Å²) in [5, 5.41) is 7.04. The summed E-state index contributed by atoms with van der Waals surface area (Å²) in [6, 6.07) is 25.9. The topological polar surface area (TPSA) is 24.1 Å². The Kier molecular flexibility index (Phi) is 6.76. The molecule has 0 aliphatic heterocycles. The molecule has 2 nitrogen and oxygen atoms in total. The van der Waals surface area contributed by atoms with Gasteiger partial charge in [0.2, 0.25) is 0 Å². The summed E-state index contributed by atoms with van der Waals surface area (Å²) in [7, 11) is 0. The minimum absolute atomic E-state index is 0.583. The maximum atomic E-state index is 3.52. The molecule has 2 N–H and O–H groups in total. The molecule has 3 rings (SSSR count). The first-order valence-corrected chi connectivity index (χ1v) is 10.4. The lowest BCUT2D eigenvalue weighted by atomic mass is 9.98. The number of nitrogens with one attached hydrogen (secondary N) is 2. The van der Waals surface area contributed by atoms with Gasteiger partial charge in [0.1, 0.15) is 0 Å². The van der Waals surface area contributed by atoms with Crippen molar-refractivity contribution in [2.45, 2.75) is 52.4 Å². The van der Waals surface area contributed by atoms with Gasteiger partial charge in [-0.3, -0.25) is 0 Å². The molecule has 0 saturated heterocycles. The highest BCUT2D eigenvalue weighted by Crippen LogP contribution is 2.27. The van der Waals surface area contributed by atoms with Crippen LogP contribution in [0, 0.1) is 0 Å². The van der Waals surface area contributed by atoms with Crippen molar-refractivity contribution >= 4 is 22.7 Å². The fourth-order valence-electron chi connectivity index (χ4n) is 3.29. The molecule has 2 unspecified atom stereocenters. The Morgan fingerprint density at radius 2 is 0.964 bits per heavy atom. The molecule has 0 aliphatic rings. The summed E-state index contributed by atoms with van der Waals surface area (Å²) in [5.74, 6) is 1.17. The van der Waals surface area contributed by atoms with Gasteiger partial charge in [-0.2, -0.15) is 0 Å². The first kappa shape index (κ1) is 20.0. The van der Waals surface area contributed by atoms with Crippen LogP contribution in [0.15, 0.2) is 72.8 Å². The Morgan fingerprint density at radius 3 is 1.32 bits per heavy atom. The van der Waals surface area contributed by atoms with Crippen molar-refractivity contribution in [1.29, 1.82) is 0 Å². The van der Waals surface area contributed by atoms with Gasteiger partial charge in [-0.25, -0.2) is 0 Å². The van der Waals surface area contributed by atoms with Crippen molar-refractivity contribution in [2.24, 2.45) is 0 Å². The van der Waals surface area contributed by atoms with Gasteiger partial charge in [-0.15, -0.1) is 0 Å². The number of hydrogen-bond acceptors (Lipinski definition) is 2. The number of anilines is 4. The molecule has 0 fully saturated rings. The largest absolute Gasteiger partial charge is 0.356 e. The van der Waals surface area contributed by atoms with Gasteiger partial charge in [0, 0.05) is 22.7 Å². The molecule has 0 aromatic heterocycles. The Morgan fingerprint density at radius 1 is 0.571 bits per heavy atom. The zero-order valence-corrected chi connectivity index (χ0v) is 17.5. The van der Waals surface area contributed by atoms with Gasteiger partial charge in [-0.05, 0) is 84.3 Å². The highest BCUT2D eigenvalue weighted by molar-refractivity contribution is 5.66. The van der Waals surface area contributed by atoms with E-state index in [1.54, 1.807) is 0 Å². The minimum atomic E-state index is 0.583. The zero-order chi connectivity index (χ0) is 19.9. The summed E-state index contributed by atoms with van der Waals surface area (Å²) in [4.78, 5) is 0. The third-order valence-corrected chi connectivity index (χ3v) is 5.60. The van der Waals surface area contributed by atoms with Crippen molar-refractivity contribution in [3.05, 3.63) is 83.9 Å². The van der Waals surface area contributed by atoms with Crippen LogP contribution >= 0.6 is 0 Å². The smallest absolute Gasteiger partial charge is 0.0387 e. The second kappa shape index (κ2) is 9.45. The maximum absolute atomic E-state index is 3.52. The Labute approximate surface area is 170 Å². The molecular weight excluding hydrogens is 340 g/mol. The number of benzene rings is 3. The van der Waals surface area contributed by atoms with Crippen molar-refractivity contribution in [3.8, 4) is 0 Å².